The highest BCUT2D eigenvalue weighted by Gasteiger charge is 2.53. The maximum Gasteiger partial charge on any atom is 0.248 e. The van der Waals surface area contributed by atoms with Crippen LogP contribution in [0.15, 0.2) is 218 Å². The van der Waals surface area contributed by atoms with Crippen molar-refractivity contribution >= 4 is 100 Å². The van der Waals surface area contributed by atoms with Gasteiger partial charge in [0.2, 0.25) is 12.7 Å². The Morgan fingerprint density at radius 1 is 0.432 bits per heavy atom. The Kier molecular flexibility index (Phi) is 10.3. The summed E-state index contributed by atoms with van der Waals surface area (Å²) in [6.07, 6.45) is 2.26. The summed E-state index contributed by atoms with van der Waals surface area (Å²) in [5, 5.41) is 7.25. The fourth-order valence-corrected chi connectivity index (χ4v) is 16.4. The normalized spacial score (nSPS) is 16.1. The predicted molar refractivity (Wildman–Crippen MR) is 368 cm³/mol. The maximum atomic E-state index is 5.73. The second kappa shape index (κ2) is 17.7. The lowest BCUT2D eigenvalue weighted by Gasteiger charge is -2.45. The van der Waals surface area contributed by atoms with Crippen LogP contribution in [0.3, 0.4) is 0 Å². The molecule has 4 aliphatic rings. The van der Waals surface area contributed by atoms with E-state index in [1.807, 2.05) is 0 Å². The number of nitrogens with zero attached hydrogens (tertiary/aromatic N) is 7. The van der Waals surface area contributed by atoms with E-state index in [0.29, 0.717) is 17.6 Å². The van der Waals surface area contributed by atoms with Crippen LogP contribution in [0.5, 0.6) is 0 Å². The van der Waals surface area contributed by atoms with Gasteiger partial charge in [-0.3, -0.25) is 4.57 Å². The number of rotatable bonds is 5. The Labute approximate surface area is 513 Å². The fraction of sp³-hybridized carbons (Fsp3) is 0.188. The van der Waals surface area contributed by atoms with Crippen molar-refractivity contribution in [2.45, 2.75) is 96.8 Å². The van der Waals surface area contributed by atoms with Crippen molar-refractivity contribution in [3.63, 3.8) is 0 Å². The van der Waals surface area contributed by atoms with Crippen molar-refractivity contribution in [1.29, 1.82) is 0 Å². The van der Waals surface area contributed by atoms with Crippen LogP contribution >= 0.6 is 0 Å². The molecule has 18 rings (SSSR count). The molecule has 0 saturated heterocycles. The molecule has 10 aromatic carbocycles. The average Bonchev–Trinajstić information content (AvgIpc) is 1.44. The quantitative estimate of drug-likeness (QED) is 0.161. The first-order valence-corrected chi connectivity index (χ1v) is 31.4. The highest BCUT2D eigenvalue weighted by molar-refractivity contribution is 6.96. The van der Waals surface area contributed by atoms with Crippen molar-refractivity contribution in [2.75, 3.05) is 4.90 Å². The lowest BCUT2D eigenvalue weighted by Crippen LogP contribution is -2.56. The van der Waals surface area contributed by atoms with Gasteiger partial charge in [0.05, 0.1) is 27.6 Å². The van der Waals surface area contributed by atoms with E-state index >= 15 is 0 Å². The highest BCUT2D eigenvalue weighted by Crippen LogP contribution is 2.58. The van der Waals surface area contributed by atoms with E-state index in [9.17, 15) is 0 Å². The summed E-state index contributed by atoms with van der Waals surface area (Å²) < 4.78 is 7.38. The molecule has 7 nitrogen and oxygen atoms in total. The van der Waals surface area contributed by atoms with Crippen molar-refractivity contribution in [3.05, 3.63) is 246 Å². The van der Waals surface area contributed by atoms with Crippen LogP contribution in [0.2, 0.25) is 0 Å². The van der Waals surface area contributed by atoms with Crippen molar-refractivity contribution in [1.82, 2.24) is 28.7 Å². The SMILES string of the molecule is CC(C)(C)c1ccc2c(c1)C(C)(C)C1=C2N(c2ccc3c(c2)C(C)(C)CCC3(C)C)c2cc(-c3nc(-c4ccccc4)nc(-n4c5ccccc5c5ccccc54)n3)cc3c2B1c1cccc2c4c(ccc5c6ccccc6n(-c6ccccc6)c54)n-3c12. The molecule has 0 bridgehead atoms. The number of aromatic nitrogens is 6. The molecule has 0 spiro atoms. The zero-order valence-electron chi connectivity index (χ0n) is 51.3. The largest absolute Gasteiger partial charge is 0.311 e. The van der Waals surface area contributed by atoms with E-state index in [4.69, 9.17) is 15.0 Å². The van der Waals surface area contributed by atoms with Crippen LogP contribution in [0.25, 0.3) is 111 Å². The third kappa shape index (κ3) is 6.94. The number of benzene rings is 10. The maximum absolute atomic E-state index is 5.73. The minimum absolute atomic E-state index is 0.0315. The van der Waals surface area contributed by atoms with E-state index in [1.165, 1.54) is 93.7 Å². The van der Waals surface area contributed by atoms with E-state index in [0.717, 1.165) is 68.4 Å². The number of para-hydroxylation sites is 5. The molecule has 424 valence electrons. The smallest absolute Gasteiger partial charge is 0.248 e. The van der Waals surface area contributed by atoms with Gasteiger partial charge in [-0.2, -0.15) is 9.97 Å². The molecule has 0 amide bonds. The Morgan fingerprint density at radius 3 is 1.73 bits per heavy atom. The second-order valence-electron chi connectivity index (χ2n) is 28.2. The standard InChI is InChI=1S/C80H66BN7/c1-77(2,3)49-35-37-56-59(45-49)80(8,9)73-72(56)86(51-36-39-58-60(46-51)79(6,7)42-41-78(58,4)5)66-43-48(75-82-74(47-23-12-10-13-24-47)83-76(84-75)88-63-33-20-16-27-52(63)53-28-17-21-34-64(53)88)44-67-69(66)81(73)61-31-22-30-57-68-65(87(67)70(57)61)40-38-55-54-29-18-19-32-62(54)85(71(55)68)50-25-14-11-15-26-50/h10-40,43-46H,41-42H2,1-9H3. The van der Waals surface area contributed by atoms with Gasteiger partial charge in [-0.1, -0.05) is 219 Å². The second-order valence-corrected chi connectivity index (χ2v) is 28.2. The van der Waals surface area contributed by atoms with Gasteiger partial charge in [0.25, 0.3) is 0 Å². The zero-order valence-corrected chi connectivity index (χ0v) is 51.3. The molecule has 6 heterocycles. The molecule has 0 radical (unpaired) electrons. The summed E-state index contributed by atoms with van der Waals surface area (Å²) in [5.41, 5.74) is 25.1. The summed E-state index contributed by atoms with van der Waals surface area (Å²) in [6, 6.07) is 79.3. The van der Waals surface area contributed by atoms with Gasteiger partial charge in [-0.25, -0.2) is 4.98 Å². The summed E-state index contributed by atoms with van der Waals surface area (Å²) in [5.74, 6) is 1.79. The van der Waals surface area contributed by atoms with E-state index < -0.39 is 0 Å². The third-order valence-corrected chi connectivity index (χ3v) is 20.9. The first-order valence-electron chi connectivity index (χ1n) is 31.4. The van der Waals surface area contributed by atoms with E-state index in [2.05, 4.69) is 293 Å². The van der Waals surface area contributed by atoms with Crippen LogP contribution in [0.1, 0.15) is 103 Å². The molecule has 0 unspecified atom stereocenters. The Hall–Kier alpha value is -9.79. The molecule has 2 aliphatic heterocycles. The first-order chi connectivity index (χ1) is 42.5. The third-order valence-electron chi connectivity index (χ3n) is 20.9. The lowest BCUT2D eigenvalue weighted by atomic mass is 9.30. The molecular formula is C80H66BN7. The Bertz CT molecular complexity index is 5360. The number of hydrogen-bond donors (Lipinski definition) is 0. The molecule has 14 aromatic rings. The topological polar surface area (TPSA) is 56.7 Å². The highest BCUT2D eigenvalue weighted by atomic mass is 15.2. The van der Waals surface area contributed by atoms with Gasteiger partial charge in [0, 0.05) is 88.4 Å². The predicted octanol–water partition coefficient (Wildman–Crippen LogP) is 18.5. The molecule has 8 heteroatoms. The Balaban J connectivity index is 1.01. The van der Waals surface area contributed by atoms with Crippen LogP contribution in [-0.4, -0.2) is 35.4 Å². The van der Waals surface area contributed by atoms with Gasteiger partial charge in [0.1, 0.15) is 0 Å². The monoisotopic (exact) mass is 1140 g/mol. The lowest BCUT2D eigenvalue weighted by molar-refractivity contribution is 0.332. The molecule has 0 N–H and O–H groups in total. The van der Waals surface area contributed by atoms with Crippen molar-refractivity contribution in [3.8, 4) is 40.1 Å². The van der Waals surface area contributed by atoms with Gasteiger partial charge >= 0.3 is 0 Å². The molecule has 4 aromatic heterocycles. The van der Waals surface area contributed by atoms with Gasteiger partial charge in [0.15, 0.2) is 11.6 Å². The number of anilines is 2. The number of allylic oxidation sites excluding steroid dienone is 1. The summed E-state index contributed by atoms with van der Waals surface area (Å²) >= 11 is 0. The van der Waals surface area contributed by atoms with E-state index in [-0.39, 0.29) is 28.4 Å². The molecule has 0 fully saturated rings. The molecule has 88 heavy (non-hydrogen) atoms. The van der Waals surface area contributed by atoms with Crippen molar-refractivity contribution < 1.29 is 0 Å². The minimum Gasteiger partial charge on any atom is -0.311 e. The molecular weight excluding hydrogens is 1070 g/mol. The minimum atomic E-state index is -0.378. The first kappa shape index (κ1) is 51.4. The van der Waals surface area contributed by atoms with E-state index in [1.54, 1.807) is 0 Å². The van der Waals surface area contributed by atoms with Gasteiger partial charge < -0.3 is 14.0 Å². The van der Waals surface area contributed by atoms with Crippen LogP contribution in [0.4, 0.5) is 11.4 Å². The summed E-state index contributed by atoms with van der Waals surface area (Å²) in [6.45, 7) is 21.7. The molecule has 0 saturated carbocycles. The summed E-state index contributed by atoms with van der Waals surface area (Å²) in [4.78, 5) is 19.5. The van der Waals surface area contributed by atoms with Crippen LogP contribution in [0, 0.1) is 0 Å². The van der Waals surface area contributed by atoms with Gasteiger partial charge in [-0.05, 0) is 123 Å². The number of hydrogen-bond acceptors (Lipinski definition) is 4. The van der Waals surface area contributed by atoms with Crippen LogP contribution in [-0.2, 0) is 21.7 Å². The summed E-state index contributed by atoms with van der Waals surface area (Å²) in [7, 11) is 0. The van der Waals surface area contributed by atoms with Crippen molar-refractivity contribution in [2.24, 2.45) is 0 Å². The zero-order chi connectivity index (χ0) is 59.5. The molecule has 0 atom stereocenters. The molecule has 2 aliphatic carbocycles. The number of fused-ring (bicyclic) bond motifs is 16. The Morgan fingerprint density at radius 2 is 1.03 bits per heavy atom. The fourth-order valence-electron chi connectivity index (χ4n) is 16.4. The average molecular weight is 1140 g/mol. The van der Waals surface area contributed by atoms with Gasteiger partial charge in [-0.15, -0.1) is 0 Å². The van der Waals surface area contributed by atoms with Crippen LogP contribution < -0.4 is 15.8 Å².